The van der Waals surface area contributed by atoms with Crippen molar-refractivity contribution in [3.05, 3.63) is 10.5 Å². The van der Waals surface area contributed by atoms with Crippen LogP contribution in [-0.2, 0) is 16.1 Å². The van der Waals surface area contributed by atoms with Crippen molar-refractivity contribution >= 4 is 17.7 Å². The van der Waals surface area contributed by atoms with Crippen molar-refractivity contribution in [2.75, 3.05) is 19.5 Å². The molecule has 1 heterocycles. The Balaban J connectivity index is 2.63. The van der Waals surface area contributed by atoms with Crippen molar-refractivity contribution in [1.82, 2.24) is 20.1 Å². The smallest absolute Gasteiger partial charge is 0.343 e. The molecule has 0 radical (unpaired) electrons. The van der Waals surface area contributed by atoms with Gasteiger partial charge in [0, 0.05) is 20.3 Å². The minimum Gasteiger partial charge on any atom is -0.385 e. The maximum Gasteiger partial charge on any atom is 0.343 e. The number of hydrogen-bond donors (Lipinski definition) is 2. The second-order valence-corrected chi connectivity index (χ2v) is 6.56. The number of nitrogens with one attached hydrogen (secondary N) is 2. The number of carbonyl (C=O) groups excluding carboxylic acids is 1. The van der Waals surface area contributed by atoms with Gasteiger partial charge in [0.05, 0.1) is 11.8 Å². The molecule has 128 valence electrons. The lowest BCUT2D eigenvalue weighted by molar-refractivity contribution is -0.120. The van der Waals surface area contributed by atoms with Crippen LogP contribution >= 0.6 is 11.8 Å². The lowest BCUT2D eigenvalue weighted by Crippen LogP contribution is -2.49. The third-order valence-corrected chi connectivity index (χ3v) is 4.55. The maximum atomic E-state index is 12.0. The Labute approximate surface area is 139 Å². The summed E-state index contributed by atoms with van der Waals surface area (Å²) >= 11 is 1.16. The predicted octanol–water partition coefficient (Wildman–Crippen LogP) is 0.754. The molecule has 0 fully saturated rings. The van der Waals surface area contributed by atoms with E-state index in [-0.39, 0.29) is 23.3 Å². The number of aromatic amines is 1. The van der Waals surface area contributed by atoms with Crippen molar-refractivity contribution in [1.29, 1.82) is 5.26 Å². The number of amides is 1. The van der Waals surface area contributed by atoms with Gasteiger partial charge < -0.3 is 10.1 Å². The van der Waals surface area contributed by atoms with Crippen LogP contribution in [0.1, 0.15) is 27.2 Å². The van der Waals surface area contributed by atoms with Crippen LogP contribution < -0.4 is 11.0 Å². The van der Waals surface area contributed by atoms with Crippen LogP contribution in [0.25, 0.3) is 0 Å². The number of aromatic nitrogens is 3. The van der Waals surface area contributed by atoms with Crippen LogP contribution in [-0.4, -0.2) is 45.7 Å². The summed E-state index contributed by atoms with van der Waals surface area (Å²) in [4.78, 5) is 23.7. The number of ether oxygens (including phenoxy) is 1. The molecular weight excluding hydrogens is 318 g/mol. The first kappa shape index (κ1) is 19.3. The molecule has 23 heavy (non-hydrogen) atoms. The third-order valence-electron chi connectivity index (χ3n) is 3.57. The maximum absolute atomic E-state index is 12.0. The molecule has 1 aromatic heterocycles. The Hall–Kier alpha value is -1.79. The summed E-state index contributed by atoms with van der Waals surface area (Å²) in [5.74, 6) is -0.204. The zero-order valence-electron chi connectivity index (χ0n) is 13.9. The largest absolute Gasteiger partial charge is 0.385 e. The van der Waals surface area contributed by atoms with E-state index in [2.05, 4.69) is 21.6 Å². The highest BCUT2D eigenvalue weighted by Crippen LogP contribution is 2.17. The van der Waals surface area contributed by atoms with Crippen LogP contribution in [0.15, 0.2) is 9.95 Å². The summed E-state index contributed by atoms with van der Waals surface area (Å²) in [6.07, 6.45) is 0.676. The Morgan fingerprint density at radius 3 is 2.87 bits per heavy atom. The second kappa shape index (κ2) is 8.74. The standard InChI is InChI=1S/C14H23N5O3S/c1-10(2)14(3,9-15)16-11(20)8-23-13-18-17-12(21)19(13)6-5-7-22-4/h10H,5-8H2,1-4H3,(H,16,20)(H,17,21)/t14-/m1/s1. The molecule has 8 nitrogen and oxygen atoms in total. The SMILES string of the molecule is COCCCn1c(SCC(=O)N[C@](C)(C#N)C(C)C)n[nH]c1=O. The first-order valence-corrected chi connectivity index (χ1v) is 8.31. The lowest BCUT2D eigenvalue weighted by Gasteiger charge is -2.27. The molecule has 0 aliphatic heterocycles. The van der Waals surface area contributed by atoms with Crippen LogP contribution in [0.2, 0.25) is 0 Å². The first-order valence-electron chi connectivity index (χ1n) is 7.33. The van der Waals surface area contributed by atoms with Gasteiger partial charge in [-0.3, -0.25) is 9.36 Å². The molecule has 1 aromatic rings. The van der Waals surface area contributed by atoms with E-state index in [4.69, 9.17) is 4.74 Å². The van der Waals surface area contributed by atoms with E-state index < -0.39 is 5.54 Å². The Kier molecular flexibility index (Phi) is 7.32. The van der Waals surface area contributed by atoms with E-state index in [1.807, 2.05) is 13.8 Å². The fourth-order valence-electron chi connectivity index (χ4n) is 1.73. The Morgan fingerprint density at radius 2 is 2.30 bits per heavy atom. The average molecular weight is 341 g/mol. The molecule has 0 saturated carbocycles. The molecule has 9 heteroatoms. The number of H-pyrrole nitrogens is 1. The van der Waals surface area contributed by atoms with Crippen molar-refractivity contribution in [2.45, 2.75) is 44.4 Å². The van der Waals surface area contributed by atoms with Gasteiger partial charge in [-0.05, 0) is 19.3 Å². The fraction of sp³-hybridized carbons (Fsp3) is 0.714. The molecule has 2 N–H and O–H groups in total. The average Bonchev–Trinajstić information content (AvgIpc) is 2.86. The van der Waals surface area contributed by atoms with E-state index in [0.29, 0.717) is 24.7 Å². The summed E-state index contributed by atoms with van der Waals surface area (Å²) in [6, 6.07) is 2.12. The van der Waals surface area contributed by atoms with E-state index in [9.17, 15) is 14.9 Å². The summed E-state index contributed by atoms with van der Waals surface area (Å²) < 4.78 is 6.44. The number of nitriles is 1. The number of methoxy groups -OCH3 is 1. The van der Waals surface area contributed by atoms with Crippen LogP contribution in [0.3, 0.4) is 0 Å². The van der Waals surface area contributed by atoms with Crippen molar-refractivity contribution < 1.29 is 9.53 Å². The van der Waals surface area contributed by atoms with Gasteiger partial charge in [0.25, 0.3) is 0 Å². The van der Waals surface area contributed by atoms with E-state index >= 15 is 0 Å². The zero-order chi connectivity index (χ0) is 17.5. The van der Waals surface area contributed by atoms with Crippen molar-refractivity contribution in [3.8, 4) is 6.07 Å². The van der Waals surface area contributed by atoms with Gasteiger partial charge in [0.15, 0.2) is 5.16 Å². The van der Waals surface area contributed by atoms with Gasteiger partial charge in [-0.2, -0.15) is 5.26 Å². The number of thioether (sulfide) groups is 1. The minimum absolute atomic E-state index is 0.0148. The molecule has 0 unspecified atom stereocenters. The molecule has 0 aliphatic rings. The molecule has 0 saturated heterocycles. The van der Waals surface area contributed by atoms with Crippen molar-refractivity contribution in [3.63, 3.8) is 0 Å². The summed E-state index contributed by atoms with van der Waals surface area (Å²) in [5, 5.41) is 18.7. The predicted molar refractivity (Wildman–Crippen MR) is 87.1 cm³/mol. The quantitative estimate of drug-likeness (QED) is 0.506. The summed E-state index contributed by atoms with van der Waals surface area (Å²) in [6.45, 7) is 6.44. The number of hydrogen-bond acceptors (Lipinski definition) is 6. The monoisotopic (exact) mass is 341 g/mol. The summed E-state index contributed by atoms with van der Waals surface area (Å²) in [7, 11) is 1.60. The van der Waals surface area contributed by atoms with E-state index in [1.165, 1.54) is 4.57 Å². The fourth-order valence-corrected chi connectivity index (χ4v) is 2.51. The van der Waals surface area contributed by atoms with Gasteiger partial charge >= 0.3 is 5.69 Å². The first-order chi connectivity index (χ1) is 10.8. The molecule has 1 atom stereocenters. The number of carbonyl (C=O) groups is 1. The Bertz CT molecular complexity index is 619. The lowest BCUT2D eigenvalue weighted by atomic mass is 9.90. The van der Waals surface area contributed by atoms with Gasteiger partial charge in [0.1, 0.15) is 5.54 Å². The molecular formula is C14H23N5O3S. The van der Waals surface area contributed by atoms with Crippen LogP contribution in [0.4, 0.5) is 0 Å². The van der Waals surface area contributed by atoms with Crippen molar-refractivity contribution in [2.24, 2.45) is 5.92 Å². The Morgan fingerprint density at radius 1 is 1.61 bits per heavy atom. The van der Waals surface area contributed by atoms with E-state index in [0.717, 1.165) is 11.8 Å². The minimum atomic E-state index is -0.915. The normalized spacial score (nSPS) is 13.6. The molecule has 1 rings (SSSR count). The zero-order valence-corrected chi connectivity index (χ0v) is 14.7. The van der Waals surface area contributed by atoms with Crippen LogP contribution in [0, 0.1) is 17.2 Å². The van der Waals surface area contributed by atoms with Gasteiger partial charge in [-0.15, -0.1) is 5.10 Å². The summed E-state index contributed by atoms with van der Waals surface area (Å²) in [5.41, 5.74) is -1.23. The number of nitrogens with zero attached hydrogens (tertiary/aromatic N) is 3. The van der Waals surface area contributed by atoms with Gasteiger partial charge in [0.2, 0.25) is 5.91 Å². The molecule has 0 aliphatic carbocycles. The molecule has 0 spiro atoms. The molecule has 1 amide bonds. The topological polar surface area (TPSA) is 113 Å². The highest BCUT2D eigenvalue weighted by Gasteiger charge is 2.30. The molecule has 0 bridgehead atoms. The second-order valence-electron chi connectivity index (χ2n) is 5.62. The van der Waals surface area contributed by atoms with E-state index in [1.54, 1.807) is 14.0 Å². The molecule has 0 aromatic carbocycles. The van der Waals surface area contributed by atoms with Crippen LogP contribution in [0.5, 0.6) is 0 Å². The highest BCUT2D eigenvalue weighted by atomic mass is 32.2. The van der Waals surface area contributed by atoms with Gasteiger partial charge in [-0.1, -0.05) is 25.6 Å². The van der Waals surface area contributed by atoms with Gasteiger partial charge in [-0.25, -0.2) is 9.89 Å². The highest BCUT2D eigenvalue weighted by molar-refractivity contribution is 7.99. The number of rotatable bonds is 9. The third kappa shape index (κ3) is 5.41.